The van der Waals surface area contributed by atoms with Gasteiger partial charge in [-0.2, -0.15) is 0 Å². The molecule has 0 fully saturated rings. The fourth-order valence-corrected chi connectivity index (χ4v) is 1.36. The number of hydrogen-bond acceptors (Lipinski definition) is 3. The zero-order chi connectivity index (χ0) is 11.8. The van der Waals surface area contributed by atoms with E-state index in [-0.39, 0.29) is 0 Å². The molecule has 1 aromatic carbocycles. The SMILES string of the molecule is C=COCCNCc1ccc(N(C)C)cc1. The maximum absolute atomic E-state index is 5.02. The summed E-state index contributed by atoms with van der Waals surface area (Å²) < 4.78 is 5.02. The Balaban J connectivity index is 2.29. The molecule has 1 rings (SSSR count). The molecule has 0 radical (unpaired) electrons. The van der Waals surface area contributed by atoms with Crippen LogP contribution in [0.1, 0.15) is 5.56 Å². The molecule has 0 spiro atoms. The molecule has 0 aromatic heterocycles. The lowest BCUT2D eigenvalue weighted by Gasteiger charge is -2.12. The van der Waals surface area contributed by atoms with Crippen molar-refractivity contribution in [2.75, 3.05) is 32.1 Å². The first-order chi connectivity index (χ1) is 7.74. The van der Waals surface area contributed by atoms with E-state index < -0.39 is 0 Å². The van der Waals surface area contributed by atoms with Crippen LogP contribution in [0.15, 0.2) is 37.1 Å². The van der Waals surface area contributed by atoms with Gasteiger partial charge in [0.2, 0.25) is 0 Å². The van der Waals surface area contributed by atoms with Crippen LogP contribution in [-0.4, -0.2) is 27.2 Å². The Kier molecular flexibility index (Phi) is 5.43. The van der Waals surface area contributed by atoms with E-state index in [1.54, 1.807) is 0 Å². The van der Waals surface area contributed by atoms with Crippen molar-refractivity contribution in [2.24, 2.45) is 0 Å². The number of nitrogens with one attached hydrogen (secondary N) is 1. The quantitative estimate of drug-likeness (QED) is 0.562. The number of rotatable bonds is 7. The highest BCUT2D eigenvalue weighted by atomic mass is 16.5. The van der Waals surface area contributed by atoms with Gasteiger partial charge in [0.05, 0.1) is 12.9 Å². The molecule has 0 aliphatic heterocycles. The van der Waals surface area contributed by atoms with Crippen LogP contribution < -0.4 is 10.2 Å². The van der Waals surface area contributed by atoms with Gasteiger partial charge >= 0.3 is 0 Å². The highest BCUT2D eigenvalue weighted by molar-refractivity contribution is 5.45. The van der Waals surface area contributed by atoms with Gasteiger partial charge in [-0.15, -0.1) is 0 Å². The first-order valence-corrected chi connectivity index (χ1v) is 5.43. The Morgan fingerprint density at radius 2 is 2.00 bits per heavy atom. The number of hydrogen-bond donors (Lipinski definition) is 1. The van der Waals surface area contributed by atoms with Gasteiger partial charge < -0.3 is 15.0 Å². The average Bonchev–Trinajstić information content (AvgIpc) is 2.29. The number of ether oxygens (including phenoxy) is 1. The maximum atomic E-state index is 5.02. The van der Waals surface area contributed by atoms with E-state index in [0.717, 1.165) is 13.1 Å². The molecule has 0 heterocycles. The maximum Gasteiger partial charge on any atom is 0.0997 e. The minimum Gasteiger partial charge on any atom is -0.500 e. The van der Waals surface area contributed by atoms with E-state index >= 15 is 0 Å². The van der Waals surface area contributed by atoms with Gasteiger partial charge in [0.15, 0.2) is 0 Å². The molecule has 1 aromatic rings. The molecular weight excluding hydrogens is 200 g/mol. The van der Waals surface area contributed by atoms with Gasteiger partial charge in [-0.3, -0.25) is 0 Å². The summed E-state index contributed by atoms with van der Waals surface area (Å²) >= 11 is 0. The molecule has 1 N–H and O–H groups in total. The summed E-state index contributed by atoms with van der Waals surface area (Å²) in [6, 6.07) is 8.52. The smallest absolute Gasteiger partial charge is 0.0997 e. The van der Waals surface area contributed by atoms with E-state index in [0.29, 0.717) is 6.61 Å². The van der Waals surface area contributed by atoms with Crippen molar-refractivity contribution in [2.45, 2.75) is 6.54 Å². The van der Waals surface area contributed by atoms with Gasteiger partial charge in [-0.25, -0.2) is 0 Å². The Hall–Kier alpha value is -1.48. The standard InChI is InChI=1S/C13H20N2O/c1-4-16-10-9-14-11-12-5-7-13(8-6-12)15(2)3/h4-8,14H,1,9-11H2,2-3H3. The summed E-state index contributed by atoms with van der Waals surface area (Å²) in [5.41, 5.74) is 2.50. The summed E-state index contributed by atoms with van der Waals surface area (Å²) in [6.45, 7) is 5.86. The van der Waals surface area contributed by atoms with Crippen molar-refractivity contribution < 1.29 is 4.74 Å². The third-order valence-electron chi connectivity index (χ3n) is 2.30. The second-order valence-electron chi connectivity index (χ2n) is 3.78. The van der Waals surface area contributed by atoms with Crippen LogP contribution >= 0.6 is 0 Å². The Morgan fingerprint density at radius 3 is 2.56 bits per heavy atom. The van der Waals surface area contributed by atoms with E-state index in [9.17, 15) is 0 Å². The van der Waals surface area contributed by atoms with Crippen LogP contribution in [0, 0.1) is 0 Å². The lowest BCUT2D eigenvalue weighted by molar-refractivity contribution is 0.250. The summed E-state index contributed by atoms with van der Waals surface area (Å²) in [7, 11) is 4.08. The van der Waals surface area contributed by atoms with Crippen LogP contribution in [-0.2, 0) is 11.3 Å². The molecule has 0 aliphatic rings. The molecule has 0 saturated heterocycles. The van der Waals surface area contributed by atoms with Crippen LogP contribution in [0.5, 0.6) is 0 Å². The number of anilines is 1. The summed E-state index contributed by atoms with van der Waals surface area (Å²) in [4.78, 5) is 2.09. The normalized spacial score (nSPS) is 9.88. The summed E-state index contributed by atoms with van der Waals surface area (Å²) in [5, 5.41) is 3.30. The van der Waals surface area contributed by atoms with Crippen molar-refractivity contribution in [1.29, 1.82) is 0 Å². The second kappa shape index (κ2) is 6.90. The van der Waals surface area contributed by atoms with Gasteiger partial charge in [0.1, 0.15) is 0 Å². The first-order valence-electron chi connectivity index (χ1n) is 5.43. The molecular formula is C13H20N2O. The number of benzene rings is 1. The van der Waals surface area contributed by atoms with Gasteiger partial charge in [0.25, 0.3) is 0 Å². The Bertz CT molecular complexity index is 306. The summed E-state index contributed by atoms with van der Waals surface area (Å²) in [5.74, 6) is 0. The van der Waals surface area contributed by atoms with Crippen molar-refractivity contribution in [3.8, 4) is 0 Å². The Labute approximate surface area is 97.7 Å². The van der Waals surface area contributed by atoms with Crippen molar-refractivity contribution >= 4 is 5.69 Å². The van der Waals surface area contributed by atoms with E-state index in [1.165, 1.54) is 17.5 Å². The van der Waals surface area contributed by atoms with Crippen molar-refractivity contribution in [3.63, 3.8) is 0 Å². The zero-order valence-corrected chi connectivity index (χ0v) is 10.1. The molecule has 3 nitrogen and oxygen atoms in total. The first kappa shape index (κ1) is 12.6. The molecule has 0 aliphatic carbocycles. The fraction of sp³-hybridized carbons (Fsp3) is 0.385. The van der Waals surface area contributed by atoms with Crippen molar-refractivity contribution in [3.05, 3.63) is 42.7 Å². The largest absolute Gasteiger partial charge is 0.500 e. The van der Waals surface area contributed by atoms with Gasteiger partial charge in [0, 0.05) is 32.9 Å². The fourth-order valence-electron chi connectivity index (χ4n) is 1.36. The molecule has 16 heavy (non-hydrogen) atoms. The molecule has 0 atom stereocenters. The molecule has 0 saturated carbocycles. The predicted molar refractivity (Wildman–Crippen MR) is 68.6 cm³/mol. The third-order valence-corrected chi connectivity index (χ3v) is 2.30. The molecule has 3 heteroatoms. The molecule has 0 unspecified atom stereocenters. The summed E-state index contributed by atoms with van der Waals surface area (Å²) in [6.07, 6.45) is 1.47. The van der Waals surface area contributed by atoms with Crippen LogP contribution in [0.3, 0.4) is 0 Å². The average molecular weight is 220 g/mol. The minimum atomic E-state index is 0.666. The van der Waals surface area contributed by atoms with Gasteiger partial charge in [-0.1, -0.05) is 18.7 Å². The monoisotopic (exact) mass is 220 g/mol. The van der Waals surface area contributed by atoms with Crippen LogP contribution in [0.4, 0.5) is 5.69 Å². The van der Waals surface area contributed by atoms with E-state index in [1.807, 2.05) is 14.1 Å². The van der Waals surface area contributed by atoms with E-state index in [2.05, 4.69) is 41.1 Å². The minimum absolute atomic E-state index is 0.666. The predicted octanol–water partition coefficient (Wildman–Crippen LogP) is 2.00. The molecule has 0 amide bonds. The van der Waals surface area contributed by atoms with E-state index in [4.69, 9.17) is 4.74 Å². The lowest BCUT2D eigenvalue weighted by Crippen LogP contribution is -2.18. The second-order valence-corrected chi connectivity index (χ2v) is 3.78. The lowest BCUT2D eigenvalue weighted by atomic mass is 10.2. The van der Waals surface area contributed by atoms with Crippen molar-refractivity contribution in [1.82, 2.24) is 5.32 Å². The Morgan fingerprint density at radius 1 is 1.31 bits per heavy atom. The highest BCUT2D eigenvalue weighted by Crippen LogP contribution is 2.11. The van der Waals surface area contributed by atoms with Crippen LogP contribution in [0.2, 0.25) is 0 Å². The van der Waals surface area contributed by atoms with Crippen LogP contribution in [0.25, 0.3) is 0 Å². The molecule has 0 bridgehead atoms. The highest BCUT2D eigenvalue weighted by Gasteiger charge is 1.95. The third kappa shape index (κ3) is 4.36. The van der Waals surface area contributed by atoms with Gasteiger partial charge in [-0.05, 0) is 17.7 Å². The number of nitrogens with zero attached hydrogens (tertiary/aromatic N) is 1. The molecule has 88 valence electrons. The zero-order valence-electron chi connectivity index (χ0n) is 10.1. The topological polar surface area (TPSA) is 24.5 Å².